The van der Waals surface area contributed by atoms with Crippen LogP contribution < -0.4 is 0 Å². The van der Waals surface area contributed by atoms with Crippen molar-refractivity contribution in [3.05, 3.63) is 95.6 Å². The molecule has 0 aliphatic heterocycles. The molecular weight excluding hydrogens is 360 g/mol. The lowest BCUT2D eigenvalue weighted by molar-refractivity contribution is 0.308. The van der Waals surface area contributed by atoms with Crippen molar-refractivity contribution in [2.45, 2.75) is 70.6 Å². The molecule has 0 heteroatoms. The molecule has 1 saturated carbocycles. The Hall–Kier alpha value is -2.34. The maximum absolute atomic E-state index is 2.38. The smallest absolute Gasteiger partial charge is 0.0150 e. The number of benzene rings is 3. The molecule has 0 radical (unpaired) electrons. The Bertz CT molecular complexity index is 881. The lowest BCUT2D eigenvalue weighted by Gasteiger charge is -2.28. The SMILES string of the molecule is CCCC1CCC(c2ccc(-c3ccc(C[C@@H](C)c4ccccc4)cc3)cc2)CC1. The third kappa shape index (κ3) is 5.22. The van der Waals surface area contributed by atoms with Gasteiger partial charge in [0.05, 0.1) is 0 Å². The van der Waals surface area contributed by atoms with Gasteiger partial charge in [0.2, 0.25) is 0 Å². The van der Waals surface area contributed by atoms with Gasteiger partial charge in [0.1, 0.15) is 0 Å². The van der Waals surface area contributed by atoms with Gasteiger partial charge in [-0.05, 0) is 77.7 Å². The Kier molecular flexibility index (Phi) is 7.05. The highest BCUT2D eigenvalue weighted by Gasteiger charge is 2.21. The maximum Gasteiger partial charge on any atom is -0.0150 e. The summed E-state index contributed by atoms with van der Waals surface area (Å²) in [5, 5.41) is 0. The molecule has 0 saturated heterocycles. The van der Waals surface area contributed by atoms with E-state index in [1.54, 1.807) is 5.56 Å². The standard InChI is InChI=1S/C30H36/c1-3-7-24-10-14-27(15-11-24)29-18-20-30(21-19-29)28-16-12-25(13-17-28)22-23(2)26-8-5-4-6-9-26/h4-6,8-9,12-13,16-21,23-24,27H,3,7,10-11,14-15,22H2,1-2H3/t23-,24?,27?/m1/s1. The van der Waals surface area contributed by atoms with Gasteiger partial charge in [-0.1, -0.05) is 106 Å². The van der Waals surface area contributed by atoms with Gasteiger partial charge in [0.25, 0.3) is 0 Å². The first-order chi connectivity index (χ1) is 14.7. The van der Waals surface area contributed by atoms with Crippen LogP contribution in [0.4, 0.5) is 0 Å². The van der Waals surface area contributed by atoms with E-state index in [0.29, 0.717) is 5.92 Å². The Morgan fingerprint density at radius 3 is 1.93 bits per heavy atom. The van der Waals surface area contributed by atoms with Gasteiger partial charge in [-0.25, -0.2) is 0 Å². The molecule has 1 aliphatic rings. The Morgan fingerprint density at radius 2 is 1.33 bits per heavy atom. The average Bonchev–Trinajstić information content (AvgIpc) is 2.81. The van der Waals surface area contributed by atoms with Crippen molar-refractivity contribution in [1.29, 1.82) is 0 Å². The zero-order chi connectivity index (χ0) is 20.8. The minimum atomic E-state index is 0.545. The second kappa shape index (κ2) is 10.1. The minimum absolute atomic E-state index is 0.545. The van der Waals surface area contributed by atoms with Gasteiger partial charge in [-0.3, -0.25) is 0 Å². The topological polar surface area (TPSA) is 0 Å². The number of hydrogen-bond donors (Lipinski definition) is 0. The van der Waals surface area contributed by atoms with Crippen molar-refractivity contribution < 1.29 is 0 Å². The van der Waals surface area contributed by atoms with Crippen LogP contribution in [0.5, 0.6) is 0 Å². The van der Waals surface area contributed by atoms with E-state index in [-0.39, 0.29) is 0 Å². The van der Waals surface area contributed by atoms with Gasteiger partial charge in [0.15, 0.2) is 0 Å². The summed E-state index contributed by atoms with van der Waals surface area (Å²) < 4.78 is 0. The predicted molar refractivity (Wildman–Crippen MR) is 130 cm³/mol. The van der Waals surface area contributed by atoms with E-state index in [1.807, 2.05) is 0 Å². The molecule has 1 fully saturated rings. The van der Waals surface area contributed by atoms with Gasteiger partial charge >= 0.3 is 0 Å². The zero-order valence-electron chi connectivity index (χ0n) is 18.7. The lowest BCUT2D eigenvalue weighted by atomic mass is 9.77. The van der Waals surface area contributed by atoms with Crippen molar-refractivity contribution in [3.8, 4) is 11.1 Å². The highest BCUT2D eigenvalue weighted by molar-refractivity contribution is 5.64. The van der Waals surface area contributed by atoms with Crippen molar-refractivity contribution in [2.75, 3.05) is 0 Å². The molecule has 0 spiro atoms. The molecule has 0 nitrogen and oxygen atoms in total. The Labute approximate surface area is 183 Å². The van der Waals surface area contributed by atoms with Gasteiger partial charge in [-0.2, -0.15) is 0 Å². The summed E-state index contributed by atoms with van der Waals surface area (Å²) in [6, 6.07) is 29.4. The molecule has 156 valence electrons. The molecular formula is C30H36. The van der Waals surface area contributed by atoms with E-state index in [2.05, 4.69) is 92.7 Å². The monoisotopic (exact) mass is 396 g/mol. The van der Waals surface area contributed by atoms with E-state index >= 15 is 0 Å². The third-order valence-corrected chi connectivity index (χ3v) is 7.12. The molecule has 0 unspecified atom stereocenters. The molecule has 1 aliphatic carbocycles. The number of rotatable bonds is 7. The van der Waals surface area contributed by atoms with Gasteiger partial charge in [0, 0.05) is 0 Å². The van der Waals surface area contributed by atoms with E-state index in [9.17, 15) is 0 Å². The summed E-state index contributed by atoms with van der Waals surface area (Å²) in [7, 11) is 0. The average molecular weight is 397 g/mol. The summed E-state index contributed by atoms with van der Waals surface area (Å²) in [5.41, 5.74) is 7.03. The fourth-order valence-corrected chi connectivity index (χ4v) is 5.23. The van der Waals surface area contributed by atoms with Crippen molar-refractivity contribution >= 4 is 0 Å². The van der Waals surface area contributed by atoms with E-state index < -0.39 is 0 Å². The molecule has 30 heavy (non-hydrogen) atoms. The molecule has 3 aromatic rings. The highest BCUT2D eigenvalue weighted by atomic mass is 14.3. The molecule has 0 amide bonds. The highest BCUT2D eigenvalue weighted by Crippen LogP contribution is 2.38. The number of hydrogen-bond acceptors (Lipinski definition) is 0. The Balaban J connectivity index is 1.36. The molecule has 0 aromatic heterocycles. The third-order valence-electron chi connectivity index (χ3n) is 7.12. The van der Waals surface area contributed by atoms with Crippen LogP contribution in [0.25, 0.3) is 11.1 Å². The van der Waals surface area contributed by atoms with Gasteiger partial charge in [-0.15, -0.1) is 0 Å². The van der Waals surface area contributed by atoms with Crippen LogP contribution in [0.2, 0.25) is 0 Å². The first-order valence-corrected chi connectivity index (χ1v) is 12.0. The summed E-state index contributed by atoms with van der Waals surface area (Å²) in [4.78, 5) is 0. The second-order valence-corrected chi connectivity index (χ2v) is 9.34. The van der Waals surface area contributed by atoms with Crippen LogP contribution in [0.3, 0.4) is 0 Å². The van der Waals surface area contributed by atoms with Crippen molar-refractivity contribution in [3.63, 3.8) is 0 Å². The Morgan fingerprint density at radius 1 is 0.733 bits per heavy atom. The largest absolute Gasteiger partial charge is 0.0654 e. The van der Waals surface area contributed by atoms with Crippen molar-refractivity contribution in [2.24, 2.45) is 5.92 Å². The molecule has 1 atom stereocenters. The maximum atomic E-state index is 2.38. The second-order valence-electron chi connectivity index (χ2n) is 9.34. The van der Waals surface area contributed by atoms with Crippen LogP contribution in [0.15, 0.2) is 78.9 Å². The lowest BCUT2D eigenvalue weighted by Crippen LogP contribution is -2.13. The van der Waals surface area contributed by atoms with Crippen LogP contribution in [-0.2, 0) is 6.42 Å². The molecule has 0 heterocycles. The zero-order valence-corrected chi connectivity index (χ0v) is 18.7. The van der Waals surface area contributed by atoms with Gasteiger partial charge < -0.3 is 0 Å². The van der Waals surface area contributed by atoms with E-state index in [0.717, 1.165) is 18.3 Å². The summed E-state index contributed by atoms with van der Waals surface area (Å²) in [5.74, 6) is 2.30. The molecule has 0 N–H and O–H groups in total. The van der Waals surface area contributed by atoms with Crippen LogP contribution in [0.1, 0.15) is 80.9 Å². The fourth-order valence-electron chi connectivity index (χ4n) is 5.23. The van der Waals surface area contributed by atoms with Crippen LogP contribution in [0, 0.1) is 5.92 Å². The predicted octanol–water partition coefficient (Wildman–Crippen LogP) is 8.77. The first-order valence-electron chi connectivity index (χ1n) is 12.0. The quantitative estimate of drug-likeness (QED) is 0.374. The molecule has 0 bridgehead atoms. The van der Waals surface area contributed by atoms with E-state index in [1.165, 1.54) is 60.8 Å². The first kappa shape index (κ1) is 20.9. The van der Waals surface area contributed by atoms with Crippen molar-refractivity contribution in [1.82, 2.24) is 0 Å². The minimum Gasteiger partial charge on any atom is -0.0654 e. The summed E-state index contributed by atoms with van der Waals surface area (Å²) in [6.07, 6.45) is 9.44. The summed E-state index contributed by atoms with van der Waals surface area (Å²) in [6.45, 7) is 4.64. The molecule has 3 aromatic carbocycles. The van der Waals surface area contributed by atoms with Crippen LogP contribution >= 0.6 is 0 Å². The van der Waals surface area contributed by atoms with E-state index in [4.69, 9.17) is 0 Å². The summed E-state index contributed by atoms with van der Waals surface area (Å²) >= 11 is 0. The molecule has 4 rings (SSSR count). The fraction of sp³-hybridized carbons (Fsp3) is 0.400. The van der Waals surface area contributed by atoms with Crippen LogP contribution in [-0.4, -0.2) is 0 Å². The normalized spacial score (nSPS) is 20.1.